The fraction of sp³-hybridized carbons (Fsp3) is 0.625. The number of nitrogens with two attached hydrogens (primary N) is 1. The van der Waals surface area contributed by atoms with Crippen LogP contribution >= 0.6 is 0 Å². The summed E-state index contributed by atoms with van der Waals surface area (Å²) >= 11 is 0. The molecule has 0 saturated carbocycles. The molecular weight excluding hydrogens is 220 g/mol. The van der Waals surface area contributed by atoms with Crippen molar-refractivity contribution in [2.24, 2.45) is 11.7 Å². The largest absolute Gasteiger partial charge is 0.330 e. The van der Waals surface area contributed by atoms with Crippen molar-refractivity contribution in [2.45, 2.75) is 32.1 Å². The highest BCUT2D eigenvalue weighted by atomic mass is 15.1. The second-order valence-corrected chi connectivity index (χ2v) is 5.69. The molecule has 0 bridgehead atoms. The fourth-order valence-electron chi connectivity index (χ4n) is 2.99. The second-order valence-electron chi connectivity index (χ2n) is 5.69. The highest BCUT2D eigenvalue weighted by Gasteiger charge is 2.24. The fourth-order valence-corrected chi connectivity index (χ4v) is 2.99. The highest BCUT2D eigenvalue weighted by molar-refractivity contribution is 5.20. The van der Waals surface area contributed by atoms with Gasteiger partial charge in [-0.1, -0.05) is 37.3 Å². The molecule has 2 N–H and O–H groups in total. The molecule has 18 heavy (non-hydrogen) atoms. The Morgan fingerprint density at radius 1 is 1.33 bits per heavy atom. The first-order valence-electron chi connectivity index (χ1n) is 7.27. The van der Waals surface area contributed by atoms with Crippen molar-refractivity contribution in [1.29, 1.82) is 0 Å². The lowest BCUT2D eigenvalue weighted by Crippen LogP contribution is -2.26. The first kappa shape index (κ1) is 13.6. The van der Waals surface area contributed by atoms with Crippen LogP contribution in [0.15, 0.2) is 30.3 Å². The van der Waals surface area contributed by atoms with E-state index in [1.807, 2.05) is 0 Å². The molecule has 0 aromatic heterocycles. The van der Waals surface area contributed by atoms with Gasteiger partial charge in [0, 0.05) is 13.1 Å². The van der Waals surface area contributed by atoms with Crippen molar-refractivity contribution in [1.82, 2.24) is 4.90 Å². The van der Waals surface area contributed by atoms with Crippen LogP contribution in [0, 0.1) is 5.92 Å². The van der Waals surface area contributed by atoms with E-state index in [0.717, 1.165) is 24.8 Å². The molecule has 2 unspecified atom stereocenters. The molecule has 1 fully saturated rings. The molecule has 2 nitrogen and oxygen atoms in total. The van der Waals surface area contributed by atoms with E-state index in [1.54, 1.807) is 0 Å². The van der Waals surface area contributed by atoms with Crippen LogP contribution in [-0.4, -0.2) is 31.1 Å². The van der Waals surface area contributed by atoms with Gasteiger partial charge >= 0.3 is 0 Å². The minimum atomic E-state index is 0.743. The van der Waals surface area contributed by atoms with Crippen LogP contribution in [0.25, 0.3) is 0 Å². The Balaban J connectivity index is 1.78. The normalized spacial score (nSPS) is 22.2. The lowest BCUT2D eigenvalue weighted by atomic mass is 9.99. The van der Waals surface area contributed by atoms with Crippen LogP contribution < -0.4 is 5.73 Å². The monoisotopic (exact) mass is 246 g/mol. The summed E-state index contributed by atoms with van der Waals surface area (Å²) in [6.07, 6.45) is 3.74. The number of likely N-dealkylation sites (tertiary alicyclic amines) is 1. The number of hydrogen-bond donors (Lipinski definition) is 1. The average Bonchev–Trinajstić information content (AvgIpc) is 2.86. The van der Waals surface area contributed by atoms with Crippen molar-refractivity contribution >= 4 is 0 Å². The number of nitrogens with zero attached hydrogens (tertiary/aromatic N) is 1. The molecule has 100 valence electrons. The lowest BCUT2D eigenvalue weighted by molar-refractivity contribution is 0.275. The molecule has 1 heterocycles. The average molecular weight is 246 g/mol. The van der Waals surface area contributed by atoms with E-state index >= 15 is 0 Å². The molecule has 0 amide bonds. The van der Waals surface area contributed by atoms with E-state index in [4.69, 9.17) is 5.73 Å². The summed E-state index contributed by atoms with van der Waals surface area (Å²) in [5.41, 5.74) is 7.08. The van der Waals surface area contributed by atoms with Gasteiger partial charge in [-0.15, -0.1) is 0 Å². The Bertz CT molecular complexity index is 336. The van der Waals surface area contributed by atoms with Crippen LogP contribution in [0.1, 0.15) is 37.7 Å². The predicted octanol–water partition coefficient (Wildman–Crippen LogP) is 2.85. The number of hydrogen-bond acceptors (Lipinski definition) is 2. The van der Waals surface area contributed by atoms with E-state index < -0.39 is 0 Å². The van der Waals surface area contributed by atoms with Crippen molar-refractivity contribution in [3.05, 3.63) is 35.9 Å². The van der Waals surface area contributed by atoms with Crippen molar-refractivity contribution < 1.29 is 0 Å². The molecule has 1 aliphatic rings. The highest BCUT2D eigenvalue weighted by Crippen LogP contribution is 2.27. The van der Waals surface area contributed by atoms with E-state index in [1.165, 1.54) is 38.0 Å². The molecule has 2 heteroatoms. The molecule has 2 atom stereocenters. The van der Waals surface area contributed by atoms with E-state index in [2.05, 4.69) is 42.2 Å². The topological polar surface area (TPSA) is 29.3 Å². The van der Waals surface area contributed by atoms with Gasteiger partial charge in [-0.3, -0.25) is 0 Å². The summed E-state index contributed by atoms with van der Waals surface area (Å²) in [4.78, 5) is 2.62. The van der Waals surface area contributed by atoms with Gasteiger partial charge in [0.05, 0.1) is 0 Å². The van der Waals surface area contributed by atoms with Gasteiger partial charge < -0.3 is 10.6 Å². The molecule has 0 radical (unpaired) electrons. The van der Waals surface area contributed by atoms with Gasteiger partial charge in [0.15, 0.2) is 0 Å². The summed E-state index contributed by atoms with van der Waals surface area (Å²) in [5, 5.41) is 0. The Morgan fingerprint density at radius 3 is 2.83 bits per heavy atom. The maximum atomic E-state index is 5.57. The van der Waals surface area contributed by atoms with E-state index in [0.29, 0.717) is 0 Å². The second kappa shape index (κ2) is 6.91. The molecule has 0 spiro atoms. The maximum absolute atomic E-state index is 5.57. The van der Waals surface area contributed by atoms with Crippen LogP contribution in [-0.2, 0) is 0 Å². The first-order valence-corrected chi connectivity index (χ1v) is 7.27. The number of benzene rings is 1. The van der Waals surface area contributed by atoms with Crippen LogP contribution in [0.3, 0.4) is 0 Å². The van der Waals surface area contributed by atoms with Crippen molar-refractivity contribution in [2.75, 3.05) is 26.2 Å². The first-order chi connectivity index (χ1) is 8.79. The Morgan fingerprint density at radius 2 is 2.11 bits per heavy atom. The Labute approximate surface area is 111 Å². The summed E-state index contributed by atoms with van der Waals surface area (Å²) in [6, 6.07) is 11.0. The lowest BCUT2D eigenvalue weighted by Gasteiger charge is -2.20. The van der Waals surface area contributed by atoms with Gasteiger partial charge in [-0.05, 0) is 49.8 Å². The Kier molecular flexibility index (Phi) is 5.21. The molecule has 1 aromatic carbocycles. The minimum Gasteiger partial charge on any atom is -0.330 e. The smallest absolute Gasteiger partial charge is 0.00509 e. The van der Waals surface area contributed by atoms with E-state index in [-0.39, 0.29) is 0 Å². The summed E-state index contributed by atoms with van der Waals surface area (Å²) < 4.78 is 0. The minimum absolute atomic E-state index is 0.743. The zero-order chi connectivity index (χ0) is 12.8. The molecule has 2 rings (SSSR count). The zero-order valence-electron chi connectivity index (χ0n) is 11.5. The molecule has 1 aliphatic heterocycles. The summed E-state index contributed by atoms with van der Waals surface area (Å²) in [7, 11) is 0. The third kappa shape index (κ3) is 3.82. The third-order valence-electron chi connectivity index (χ3n) is 4.01. The Hall–Kier alpha value is -0.860. The van der Waals surface area contributed by atoms with Crippen LogP contribution in [0.4, 0.5) is 0 Å². The molecule has 1 aromatic rings. The summed E-state index contributed by atoms with van der Waals surface area (Å²) in [6.45, 7) is 6.91. The third-order valence-corrected chi connectivity index (χ3v) is 4.01. The molecule has 1 saturated heterocycles. The SMILES string of the molecule is CC(CCCN)CN1CCC(c2ccccc2)C1. The quantitative estimate of drug-likeness (QED) is 0.836. The van der Waals surface area contributed by atoms with Gasteiger partial charge in [0.25, 0.3) is 0 Å². The summed E-state index contributed by atoms with van der Waals surface area (Å²) in [5.74, 6) is 1.52. The van der Waals surface area contributed by atoms with Gasteiger partial charge in [-0.25, -0.2) is 0 Å². The van der Waals surface area contributed by atoms with Gasteiger partial charge in [0.2, 0.25) is 0 Å². The van der Waals surface area contributed by atoms with E-state index in [9.17, 15) is 0 Å². The van der Waals surface area contributed by atoms with Crippen LogP contribution in [0.5, 0.6) is 0 Å². The molecular formula is C16H26N2. The van der Waals surface area contributed by atoms with Gasteiger partial charge in [-0.2, -0.15) is 0 Å². The standard InChI is InChI=1S/C16H26N2/c1-14(6-5-10-17)12-18-11-9-16(13-18)15-7-3-2-4-8-15/h2-4,7-8,14,16H,5-6,9-13,17H2,1H3. The predicted molar refractivity (Wildman–Crippen MR) is 77.7 cm³/mol. The van der Waals surface area contributed by atoms with Crippen molar-refractivity contribution in [3.8, 4) is 0 Å². The number of rotatable bonds is 6. The van der Waals surface area contributed by atoms with Crippen LogP contribution in [0.2, 0.25) is 0 Å². The molecule has 0 aliphatic carbocycles. The zero-order valence-corrected chi connectivity index (χ0v) is 11.5. The van der Waals surface area contributed by atoms with Crippen molar-refractivity contribution in [3.63, 3.8) is 0 Å². The van der Waals surface area contributed by atoms with Gasteiger partial charge in [0.1, 0.15) is 0 Å². The maximum Gasteiger partial charge on any atom is 0.00509 e.